The lowest BCUT2D eigenvalue weighted by Gasteiger charge is -2.00. The zero-order valence-electron chi connectivity index (χ0n) is 13.4. The topological polar surface area (TPSA) is 110 Å². The largest absolute Gasteiger partial charge is 0.481 e. The Morgan fingerprint density at radius 3 is 1.64 bits per heavy atom. The number of carboxylic acids is 1. The van der Waals surface area contributed by atoms with Gasteiger partial charge in [-0.2, -0.15) is 0 Å². The quantitative estimate of drug-likeness (QED) is 0.753. The molecule has 7 heteroatoms. The van der Waals surface area contributed by atoms with Gasteiger partial charge in [0.15, 0.2) is 0 Å². The van der Waals surface area contributed by atoms with Crippen LogP contribution in [0, 0.1) is 17.8 Å². The molecule has 7 nitrogen and oxygen atoms in total. The van der Waals surface area contributed by atoms with E-state index < -0.39 is 5.97 Å². The van der Waals surface area contributed by atoms with Gasteiger partial charge in [-0.1, -0.05) is 20.8 Å². The van der Waals surface area contributed by atoms with Crippen molar-refractivity contribution in [2.75, 3.05) is 19.8 Å². The van der Waals surface area contributed by atoms with Crippen LogP contribution in [0.2, 0.25) is 0 Å². The summed E-state index contributed by atoms with van der Waals surface area (Å²) in [5.41, 5.74) is 0. The molecule has 0 spiro atoms. The molecule has 22 heavy (non-hydrogen) atoms. The SMILES string of the molecule is C[C@@H]1COC(=O)C1.C[C@@H]1COC(=O)C1.C[C@H](CO)CC(=O)O. The molecule has 0 aromatic heterocycles. The molecule has 0 bridgehead atoms. The molecule has 2 heterocycles. The number of carboxylic acid groups (broad SMARTS) is 1. The van der Waals surface area contributed by atoms with Crippen LogP contribution in [0.1, 0.15) is 40.0 Å². The maximum absolute atomic E-state index is 10.2. The van der Waals surface area contributed by atoms with E-state index in [1.54, 1.807) is 6.92 Å². The number of carbonyl (C=O) groups excluding carboxylic acids is 2. The Morgan fingerprint density at radius 2 is 1.55 bits per heavy atom. The van der Waals surface area contributed by atoms with Crippen LogP contribution >= 0.6 is 0 Å². The number of aliphatic hydroxyl groups is 1. The van der Waals surface area contributed by atoms with Crippen molar-refractivity contribution in [3.63, 3.8) is 0 Å². The average molecular weight is 318 g/mol. The molecule has 128 valence electrons. The predicted molar refractivity (Wildman–Crippen MR) is 78.0 cm³/mol. The summed E-state index contributed by atoms with van der Waals surface area (Å²) in [6.45, 7) is 6.90. The minimum Gasteiger partial charge on any atom is -0.481 e. The number of ether oxygens (including phenoxy) is 2. The molecular weight excluding hydrogens is 292 g/mol. The average Bonchev–Trinajstić information content (AvgIpc) is 2.98. The second kappa shape index (κ2) is 11.0. The number of esters is 2. The molecule has 0 amide bonds. The highest BCUT2D eigenvalue weighted by Gasteiger charge is 2.18. The molecular formula is C15H26O7. The van der Waals surface area contributed by atoms with E-state index in [0.717, 1.165) is 0 Å². The number of rotatable bonds is 3. The van der Waals surface area contributed by atoms with Gasteiger partial charge < -0.3 is 19.7 Å². The van der Waals surface area contributed by atoms with Crippen molar-refractivity contribution in [3.05, 3.63) is 0 Å². The summed E-state index contributed by atoms with van der Waals surface area (Å²) in [6.07, 6.45) is 1.27. The summed E-state index contributed by atoms with van der Waals surface area (Å²) in [5, 5.41) is 16.4. The van der Waals surface area contributed by atoms with Crippen molar-refractivity contribution in [3.8, 4) is 0 Å². The van der Waals surface area contributed by atoms with Gasteiger partial charge in [0, 0.05) is 18.4 Å². The molecule has 2 saturated heterocycles. The van der Waals surface area contributed by atoms with E-state index in [-0.39, 0.29) is 30.9 Å². The number of hydrogen-bond donors (Lipinski definition) is 2. The standard InChI is InChI=1S/C5H10O3.2C5H8O2/c1-4(3-6)2-5(7)8;2*1-4-2-5(6)7-3-4/h4,6H,2-3H2,1H3,(H,7,8);2*4H,2-3H2,1H3/t3*4-/m000/s1. The van der Waals surface area contributed by atoms with Gasteiger partial charge in [0.2, 0.25) is 0 Å². The Morgan fingerprint density at radius 1 is 1.14 bits per heavy atom. The molecule has 0 aliphatic carbocycles. The lowest BCUT2D eigenvalue weighted by atomic mass is 10.1. The van der Waals surface area contributed by atoms with E-state index in [1.807, 2.05) is 13.8 Å². The molecule has 2 N–H and O–H groups in total. The minimum absolute atomic E-state index is 0.0486. The van der Waals surface area contributed by atoms with Crippen LogP contribution in [0.3, 0.4) is 0 Å². The fourth-order valence-electron chi connectivity index (χ4n) is 1.64. The molecule has 0 saturated carbocycles. The number of hydrogen-bond acceptors (Lipinski definition) is 6. The molecule has 3 atom stereocenters. The maximum Gasteiger partial charge on any atom is 0.306 e. The first-order chi connectivity index (χ1) is 10.2. The summed E-state index contributed by atoms with van der Waals surface area (Å²) in [5.74, 6) is -0.168. The maximum atomic E-state index is 10.2. The van der Waals surface area contributed by atoms with Crippen LogP contribution in [-0.2, 0) is 23.9 Å². The van der Waals surface area contributed by atoms with E-state index in [0.29, 0.717) is 37.9 Å². The molecule has 2 rings (SSSR count). The van der Waals surface area contributed by atoms with Crippen LogP contribution in [0.25, 0.3) is 0 Å². The van der Waals surface area contributed by atoms with Crippen LogP contribution in [0.4, 0.5) is 0 Å². The third-order valence-electron chi connectivity index (χ3n) is 2.92. The molecule has 2 fully saturated rings. The number of cyclic esters (lactones) is 2. The fourth-order valence-corrected chi connectivity index (χ4v) is 1.64. The van der Waals surface area contributed by atoms with Crippen molar-refractivity contribution >= 4 is 17.9 Å². The van der Waals surface area contributed by atoms with E-state index in [2.05, 4.69) is 9.47 Å². The highest BCUT2D eigenvalue weighted by Crippen LogP contribution is 2.11. The molecule has 0 radical (unpaired) electrons. The van der Waals surface area contributed by atoms with Gasteiger partial charge in [0.25, 0.3) is 0 Å². The molecule has 0 aromatic rings. The van der Waals surface area contributed by atoms with Gasteiger partial charge in [-0.3, -0.25) is 14.4 Å². The van der Waals surface area contributed by atoms with Crippen LogP contribution in [0.5, 0.6) is 0 Å². The van der Waals surface area contributed by atoms with Gasteiger partial charge in [-0.05, 0) is 5.92 Å². The number of aliphatic carboxylic acids is 1. The number of aliphatic hydroxyl groups excluding tert-OH is 1. The first-order valence-corrected chi connectivity index (χ1v) is 7.38. The third-order valence-corrected chi connectivity index (χ3v) is 2.92. The molecule has 2 aliphatic heterocycles. The molecule has 0 aromatic carbocycles. The van der Waals surface area contributed by atoms with Gasteiger partial charge >= 0.3 is 17.9 Å². The molecule has 2 aliphatic rings. The highest BCUT2D eigenvalue weighted by atomic mass is 16.5. The van der Waals surface area contributed by atoms with Crippen molar-refractivity contribution in [2.24, 2.45) is 17.8 Å². The lowest BCUT2D eigenvalue weighted by Crippen LogP contribution is -2.07. The van der Waals surface area contributed by atoms with Crippen LogP contribution in [0.15, 0.2) is 0 Å². The first kappa shape index (κ1) is 20.4. The van der Waals surface area contributed by atoms with Crippen molar-refractivity contribution < 1.29 is 34.1 Å². The smallest absolute Gasteiger partial charge is 0.306 e. The van der Waals surface area contributed by atoms with Crippen LogP contribution in [-0.4, -0.2) is 47.9 Å². The van der Waals surface area contributed by atoms with Crippen LogP contribution < -0.4 is 0 Å². The van der Waals surface area contributed by atoms with E-state index in [9.17, 15) is 14.4 Å². The Balaban J connectivity index is 0.000000301. The van der Waals surface area contributed by atoms with Crippen molar-refractivity contribution in [1.29, 1.82) is 0 Å². The summed E-state index contributed by atoms with van der Waals surface area (Å²) >= 11 is 0. The summed E-state index contributed by atoms with van der Waals surface area (Å²) in [6, 6.07) is 0. The van der Waals surface area contributed by atoms with Gasteiger partial charge in [-0.25, -0.2) is 0 Å². The number of carbonyl (C=O) groups is 3. The van der Waals surface area contributed by atoms with E-state index in [4.69, 9.17) is 10.2 Å². The lowest BCUT2D eigenvalue weighted by molar-refractivity contribution is -0.139. The normalized spacial score (nSPS) is 24.2. The summed E-state index contributed by atoms with van der Waals surface area (Å²) in [7, 11) is 0. The predicted octanol–water partition coefficient (Wildman–Crippen LogP) is 1.23. The monoisotopic (exact) mass is 318 g/mol. The first-order valence-electron chi connectivity index (χ1n) is 7.38. The second-order valence-corrected chi connectivity index (χ2v) is 5.87. The van der Waals surface area contributed by atoms with Crippen molar-refractivity contribution in [2.45, 2.75) is 40.0 Å². The fraction of sp³-hybridized carbons (Fsp3) is 0.800. The second-order valence-electron chi connectivity index (χ2n) is 5.87. The highest BCUT2D eigenvalue weighted by molar-refractivity contribution is 5.71. The Bertz CT molecular complexity index is 343. The van der Waals surface area contributed by atoms with E-state index in [1.165, 1.54) is 0 Å². The molecule has 0 unspecified atom stereocenters. The van der Waals surface area contributed by atoms with Gasteiger partial charge in [0.05, 0.1) is 32.5 Å². The zero-order valence-corrected chi connectivity index (χ0v) is 13.4. The Hall–Kier alpha value is -1.63. The van der Waals surface area contributed by atoms with Gasteiger partial charge in [0.1, 0.15) is 0 Å². The van der Waals surface area contributed by atoms with E-state index >= 15 is 0 Å². The van der Waals surface area contributed by atoms with Crippen molar-refractivity contribution in [1.82, 2.24) is 0 Å². The minimum atomic E-state index is -0.855. The van der Waals surface area contributed by atoms with Gasteiger partial charge in [-0.15, -0.1) is 0 Å². The summed E-state index contributed by atoms with van der Waals surface area (Å²) in [4.78, 5) is 30.3. The Kier molecular flexibility index (Phi) is 10.2. The summed E-state index contributed by atoms with van der Waals surface area (Å²) < 4.78 is 9.25. The third kappa shape index (κ3) is 11.1. The zero-order chi connectivity index (χ0) is 17.1. The Labute approximate surface area is 130 Å².